The molecule has 2 aromatic heterocycles. The first-order valence-electron chi connectivity index (χ1n) is 10.1. The summed E-state index contributed by atoms with van der Waals surface area (Å²) < 4.78 is 29.1. The fraction of sp³-hybridized carbons (Fsp3) is 0.318. The summed E-state index contributed by atoms with van der Waals surface area (Å²) in [6.07, 6.45) is 0. The van der Waals surface area contributed by atoms with Crippen LogP contribution in [-0.2, 0) is 6.54 Å². The SMILES string of the molecule is CNC(=O)c1ccc(N2CCN(Cc3cc(F)c4cc(C)c(=O)[nH]c4c3Cl)CC2)c(F)n1. The lowest BCUT2D eigenvalue weighted by Gasteiger charge is -2.36. The van der Waals surface area contributed by atoms with Gasteiger partial charge in [-0.15, -0.1) is 0 Å². The number of H-pyrrole nitrogens is 1. The van der Waals surface area contributed by atoms with Gasteiger partial charge in [0.2, 0.25) is 5.95 Å². The first-order chi connectivity index (χ1) is 15.3. The monoisotopic (exact) mass is 461 g/mol. The summed E-state index contributed by atoms with van der Waals surface area (Å²) in [6.45, 7) is 4.26. The topological polar surface area (TPSA) is 81.3 Å². The zero-order valence-corrected chi connectivity index (χ0v) is 18.4. The maximum Gasteiger partial charge on any atom is 0.269 e. The number of nitrogens with one attached hydrogen (secondary N) is 2. The number of rotatable bonds is 4. The molecule has 0 aliphatic carbocycles. The van der Waals surface area contributed by atoms with Crippen LogP contribution in [0.1, 0.15) is 21.6 Å². The summed E-state index contributed by atoms with van der Waals surface area (Å²) >= 11 is 6.49. The lowest BCUT2D eigenvalue weighted by Crippen LogP contribution is -2.46. The number of nitrogens with zero attached hydrogens (tertiary/aromatic N) is 3. The van der Waals surface area contributed by atoms with E-state index in [1.165, 1.54) is 25.2 Å². The highest BCUT2D eigenvalue weighted by molar-refractivity contribution is 6.35. The summed E-state index contributed by atoms with van der Waals surface area (Å²) in [5, 5.41) is 3.02. The van der Waals surface area contributed by atoms with Crippen LogP contribution in [0, 0.1) is 18.7 Å². The van der Waals surface area contributed by atoms with Crippen molar-refractivity contribution in [2.45, 2.75) is 13.5 Å². The number of hydrogen-bond donors (Lipinski definition) is 2. The average Bonchev–Trinajstić information content (AvgIpc) is 2.78. The number of hydrogen-bond acceptors (Lipinski definition) is 5. The summed E-state index contributed by atoms with van der Waals surface area (Å²) in [5.74, 6) is -1.59. The van der Waals surface area contributed by atoms with Gasteiger partial charge in [0.25, 0.3) is 11.5 Å². The van der Waals surface area contributed by atoms with Crippen molar-refractivity contribution in [2.75, 3.05) is 38.1 Å². The zero-order chi connectivity index (χ0) is 23.0. The number of piperazine rings is 1. The lowest BCUT2D eigenvalue weighted by molar-refractivity contribution is 0.0957. The van der Waals surface area contributed by atoms with Gasteiger partial charge in [0.05, 0.1) is 16.2 Å². The predicted molar refractivity (Wildman–Crippen MR) is 119 cm³/mol. The Balaban J connectivity index is 1.48. The second kappa shape index (κ2) is 8.84. The molecule has 0 unspecified atom stereocenters. The number of aromatic nitrogens is 2. The highest BCUT2D eigenvalue weighted by Gasteiger charge is 2.23. The largest absolute Gasteiger partial charge is 0.365 e. The van der Waals surface area contributed by atoms with E-state index in [-0.39, 0.29) is 16.6 Å². The number of benzene rings is 1. The minimum atomic E-state index is -0.696. The van der Waals surface area contributed by atoms with E-state index in [4.69, 9.17) is 11.6 Å². The van der Waals surface area contributed by atoms with Crippen LogP contribution in [0.2, 0.25) is 5.02 Å². The molecule has 2 N–H and O–H groups in total. The number of aromatic amines is 1. The molecule has 168 valence electrons. The van der Waals surface area contributed by atoms with E-state index >= 15 is 0 Å². The van der Waals surface area contributed by atoms with E-state index < -0.39 is 17.7 Å². The van der Waals surface area contributed by atoms with E-state index in [1.807, 2.05) is 4.90 Å². The van der Waals surface area contributed by atoms with Gasteiger partial charge in [-0.2, -0.15) is 4.39 Å². The highest BCUT2D eigenvalue weighted by atomic mass is 35.5. The molecule has 1 aliphatic rings. The molecule has 1 fully saturated rings. The molecule has 0 atom stereocenters. The molecule has 0 radical (unpaired) electrons. The van der Waals surface area contributed by atoms with Gasteiger partial charge in [-0.05, 0) is 36.8 Å². The van der Waals surface area contributed by atoms with Crippen molar-refractivity contribution in [3.05, 3.63) is 68.2 Å². The van der Waals surface area contributed by atoms with Crippen molar-refractivity contribution in [3.63, 3.8) is 0 Å². The number of halogens is 3. The molecule has 1 aliphatic heterocycles. The molecule has 3 heterocycles. The Hall–Kier alpha value is -3.04. The number of anilines is 1. The van der Waals surface area contributed by atoms with Crippen molar-refractivity contribution in [1.82, 2.24) is 20.2 Å². The third kappa shape index (κ3) is 4.18. The van der Waals surface area contributed by atoms with Crippen LogP contribution >= 0.6 is 11.6 Å². The van der Waals surface area contributed by atoms with E-state index in [0.717, 1.165) is 0 Å². The first kappa shape index (κ1) is 22.2. The predicted octanol–water partition coefficient (Wildman–Crippen LogP) is 2.84. The molecule has 32 heavy (non-hydrogen) atoms. The van der Waals surface area contributed by atoms with E-state index in [9.17, 15) is 18.4 Å². The van der Waals surface area contributed by atoms with Gasteiger partial charge in [-0.25, -0.2) is 9.37 Å². The molecular formula is C22H22ClF2N5O2. The summed E-state index contributed by atoms with van der Waals surface area (Å²) in [5.41, 5.74) is 1.34. The van der Waals surface area contributed by atoms with Crippen LogP contribution in [0.15, 0.2) is 29.1 Å². The smallest absolute Gasteiger partial charge is 0.269 e. The van der Waals surface area contributed by atoms with Crippen molar-refractivity contribution in [2.24, 2.45) is 0 Å². The maximum absolute atomic E-state index is 14.7. The number of fused-ring (bicyclic) bond motifs is 1. The van der Waals surface area contributed by atoms with Gasteiger partial charge < -0.3 is 15.2 Å². The van der Waals surface area contributed by atoms with Crippen molar-refractivity contribution in [1.29, 1.82) is 0 Å². The molecular weight excluding hydrogens is 440 g/mol. The van der Waals surface area contributed by atoms with E-state index in [0.29, 0.717) is 60.1 Å². The molecule has 0 bridgehead atoms. The molecule has 4 rings (SSSR count). The van der Waals surface area contributed by atoms with Gasteiger partial charge in [-0.1, -0.05) is 11.6 Å². The number of aryl methyl sites for hydroxylation is 1. The second-order valence-corrected chi connectivity index (χ2v) is 8.13. The number of amides is 1. The van der Waals surface area contributed by atoms with Crippen molar-refractivity contribution in [3.8, 4) is 0 Å². The number of pyridine rings is 2. The van der Waals surface area contributed by atoms with Crippen molar-refractivity contribution < 1.29 is 13.6 Å². The lowest BCUT2D eigenvalue weighted by atomic mass is 10.1. The molecule has 0 spiro atoms. The quantitative estimate of drug-likeness (QED) is 0.584. The number of carbonyl (C=O) groups excluding carboxylic acids is 1. The van der Waals surface area contributed by atoms with E-state index in [2.05, 4.69) is 20.2 Å². The van der Waals surface area contributed by atoms with Gasteiger partial charge in [0.1, 0.15) is 11.5 Å². The fourth-order valence-corrected chi connectivity index (χ4v) is 4.13. The molecule has 10 heteroatoms. The van der Waals surface area contributed by atoms with Crippen LogP contribution in [0.25, 0.3) is 10.9 Å². The minimum Gasteiger partial charge on any atom is -0.365 e. The average molecular weight is 462 g/mol. The summed E-state index contributed by atoms with van der Waals surface area (Å²) in [4.78, 5) is 33.9. The Bertz CT molecular complexity index is 1260. The Morgan fingerprint density at radius 2 is 1.94 bits per heavy atom. The first-order valence-corrected chi connectivity index (χ1v) is 10.5. The van der Waals surface area contributed by atoms with E-state index in [1.54, 1.807) is 13.0 Å². The Morgan fingerprint density at radius 1 is 1.22 bits per heavy atom. The third-order valence-corrected chi connectivity index (χ3v) is 6.11. The second-order valence-electron chi connectivity index (χ2n) is 7.75. The van der Waals surface area contributed by atoms with Crippen LogP contribution in [0.5, 0.6) is 0 Å². The highest BCUT2D eigenvalue weighted by Crippen LogP contribution is 2.29. The molecule has 0 saturated carbocycles. The standard InChI is InChI=1S/C22H22ClF2N5O2/c1-12-9-14-15(24)10-13(18(23)19(14)28-21(12)31)11-29-5-7-30(8-6-29)17-4-3-16(22(32)26-2)27-20(17)25/h3-4,9-10H,5-8,11H2,1-2H3,(H,26,32)(H,28,31). The Labute approximate surface area is 188 Å². The van der Waals surface area contributed by atoms with Crippen LogP contribution in [0.3, 0.4) is 0 Å². The zero-order valence-electron chi connectivity index (χ0n) is 17.6. The van der Waals surface area contributed by atoms with Crippen molar-refractivity contribution >= 4 is 34.1 Å². The van der Waals surface area contributed by atoms with Gasteiger partial charge in [0.15, 0.2) is 0 Å². The maximum atomic E-state index is 14.7. The van der Waals surface area contributed by atoms with Crippen LogP contribution < -0.4 is 15.8 Å². The number of carbonyl (C=O) groups is 1. The van der Waals surface area contributed by atoms with Gasteiger partial charge in [0, 0.05) is 50.7 Å². The molecule has 1 amide bonds. The normalized spacial score (nSPS) is 14.7. The Kier molecular flexibility index (Phi) is 6.12. The molecule has 1 saturated heterocycles. The Morgan fingerprint density at radius 3 is 2.59 bits per heavy atom. The molecule has 7 nitrogen and oxygen atoms in total. The summed E-state index contributed by atoms with van der Waals surface area (Å²) in [7, 11) is 1.46. The van der Waals surface area contributed by atoms with Gasteiger partial charge in [-0.3, -0.25) is 14.5 Å². The molecule has 1 aromatic carbocycles. The van der Waals surface area contributed by atoms with Gasteiger partial charge >= 0.3 is 0 Å². The minimum absolute atomic E-state index is 0.0218. The molecule has 3 aromatic rings. The van der Waals surface area contributed by atoms with Crippen LogP contribution in [-0.4, -0.2) is 54.0 Å². The fourth-order valence-electron chi connectivity index (χ4n) is 3.87. The van der Waals surface area contributed by atoms with Crippen LogP contribution in [0.4, 0.5) is 14.5 Å². The summed E-state index contributed by atoms with van der Waals surface area (Å²) in [6, 6.07) is 5.94. The third-order valence-electron chi connectivity index (χ3n) is 5.68.